The van der Waals surface area contributed by atoms with Crippen LogP contribution in [0.15, 0.2) is 24.5 Å². The average Bonchev–Trinajstić information content (AvgIpc) is 3.70. The summed E-state index contributed by atoms with van der Waals surface area (Å²) in [6.07, 6.45) is 5.52. The number of Topliss-reactive ketones (excluding diaryl/α,β-unsaturated/α-hetero) is 2. The summed E-state index contributed by atoms with van der Waals surface area (Å²) >= 11 is 12.3. The molecule has 2 aliphatic carbocycles. The molecule has 1 N–H and O–H groups in total. The molecule has 0 radical (unpaired) electrons. The van der Waals surface area contributed by atoms with E-state index in [1.165, 1.54) is 50.4 Å². The Hall–Kier alpha value is -4.38. The maximum Gasteiger partial charge on any atom is 0.415 e. The maximum absolute atomic E-state index is 12.8. The average molecular weight is 804 g/mol. The predicted octanol–water partition coefficient (Wildman–Crippen LogP) is 6.85. The number of hydrogen-bond acceptors (Lipinski definition) is 12. The zero-order chi connectivity index (χ0) is 40.6. The van der Waals surface area contributed by atoms with E-state index in [9.17, 15) is 24.3 Å². The van der Waals surface area contributed by atoms with E-state index < -0.39 is 29.5 Å². The lowest BCUT2D eigenvalue weighted by Crippen LogP contribution is -2.35. The van der Waals surface area contributed by atoms with Crippen LogP contribution < -0.4 is 9.80 Å². The molecule has 298 valence electrons. The van der Waals surface area contributed by atoms with Gasteiger partial charge in [0.1, 0.15) is 33.1 Å². The van der Waals surface area contributed by atoms with Crippen molar-refractivity contribution in [1.29, 1.82) is 0 Å². The van der Waals surface area contributed by atoms with Gasteiger partial charge >= 0.3 is 12.2 Å². The van der Waals surface area contributed by atoms with Gasteiger partial charge in [-0.15, -0.1) is 0 Å². The predicted molar refractivity (Wildman–Crippen MR) is 205 cm³/mol. The van der Waals surface area contributed by atoms with Crippen molar-refractivity contribution in [3.05, 3.63) is 46.0 Å². The number of ether oxygens (including phenoxy) is 3. The Bertz CT molecular complexity index is 2090. The van der Waals surface area contributed by atoms with Gasteiger partial charge in [0, 0.05) is 46.2 Å². The van der Waals surface area contributed by atoms with Crippen molar-refractivity contribution in [1.82, 2.24) is 29.2 Å². The number of nitrogens with zero attached hydrogens (tertiary/aromatic N) is 8. The van der Waals surface area contributed by atoms with Crippen molar-refractivity contribution in [3.8, 4) is 0 Å². The number of halogens is 2. The highest BCUT2D eigenvalue weighted by atomic mass is 35.5. The molecule has 2 fully saturated rings. The molecule has 18 heteroatoms. The summed E-state index contributed by atoms with van der Waals surface area (Å²) in [6.45, 7) is 10.7. The number of amides is 2. The van der Waals surface area contributed by atoms with Crippen LogP contribution in [0.1, 0.15) is 101 Å². The lowest BCUT2D eigenvalue weighted by molar-refractivity contribution is -0.0171. The van der Waals surface area contributed by atoms with E-state index in [1.54, 1.807) is 55.7 Å². The zero-order valence-corrected chi connectivity index (χ0v) is 34.0. The standard InChI is InChI=1S/C19H25ClN4O4.C18H23ClN4O4/c1-19(2,3)28-18(26)23(4)16-9-15(20)22-17-12(10-21-24(16)17)13(25)8-11-6-7-14(11)27-5;1-18(2,3)27-17(26)22(4)15-8-14(19)21-16-11(9-20-23(15)16)13(25)7-10-5-6-12(10)24/h9-11,14H,6-8H2,1-5H3;8-10,12,24H,5-7H2,1-4H3/t11?,14-;10?,12-/m11/s1. The summed E-state index contributed by atoms with van der Waals surface area (Å²) < 4.78 is 19.0. The molecular weight excluding hydrogens is 755 g/mol. The van der Waals surface area contributed by atoms with Gasteiger partial charge in [0.25, 0.3) is 0 Å². The van der Waals surface area contributed by atoms with Gasteiger partial charge in [-0.3, -0.25) is 19.4 Å². The Morgan fingerprint density at radius 1 is 0.745 bits per heavy atom. The maximum atomic E-state index is 12.8. The molecule has 4 heterocycles. The van der Waals surface area contributed by atoms with Crippen LogP contribution in [-0.2, 0) is 14.2 Å². The molecule has 0 aliphatic heterocycles. The molecule has 2 saturated carbocycles. The highest BCUT2D eigenvalue weighted by Crippen LogP contribution is 2.35. The first-order valence-electron chi connectivity index (χ1n) is 18.0. The van der Waals surface area contributed by atoms with Gasteiger partial charge in [-0.05, 0) is 79.1 Å². The number of carbonyl (C=O) groups excluding carboxylic acids is 4. The van der Waals surface area contributed by atoms with Crippen LogP contribution in [0.2, 0.25) is 10.3 Å². The van der Waals surface area contributed by atoms with Crippen LogP contribution in [0.4, 0.5) is 21.2 Å². The van der Waals surface area contributed by atoms with Gasteiger partial charge in [-0.25, -0.2) is 19.6 Å². The van der Waals surface area contributed by atoms with E-state index in [0.717, 1.165) is 25.7 Å². The molecule has 16 nitrogen and oxygen atoms in total. The summed E-state index contributed by atoms with van der Waals surface area (Å²) in [4.78, 5) is 61.3. The Morgan fingerprint density at radius 3 is 1.49 bits per heavy atom. The first-order valence-corrected chi connectivity index (χ1v) is 18.7. The second kappa shape index (κ2) is 16.4. The van der Waals surface area contributed by atoms with Crippen molar-refractivity contribution in [3.63, 3.8) is 0 Å². The van der Waals surface area contributed by atoms with Crippen molar-refractivity contribution in [2.24, 2.45) is 11.8 Å². The van der Waals surface area contributed by atoms with E-state index in [1.807, 2.05) is 0 Å². The molecule has 4 aromatic heterocycles. The Labute approximate surface area is 329 Å². The van der Waals surface area contributed by atoms with Crippen molar-refractivity contribution in [2.45, 2.75) is 103 Å². The smallest absolute Gasteiger partial charge is 0.415 e. The third-order valence-corrected chi connectivity index (χ3v) is 9.78. The van der Waals surface area contributed by atoms with Crippen LogP contribution in [0.5, 0.6) is 0 Å². The fourth-order valence-corrected chi connectivity index (χ4v) is 6.48. The monoisotopic (exact) mass is 802 g/mol. The summed E-state index contributed by atoms with van der Waals surface area (Å²) in [6, 6.07) is 2.99. The van der Waals surface area contributed by atoms with E-state index in [0.29, 0.717) is 34.8 Å². The Morgan fingerprint density at radius 2 is 1.16 bits per heavy atom. The molecule has 0 bridgehead atoms. The summed E-state index contributed by atoms with van der Waals surface area (Å²) in [5, 5.41) is 18.5. The van der Waals surface area contributed by atoms with Crippen LogP contribution in [0, 0.1) is 11.8 Å². The van der Waals surface area contributed by atoms with Gasteiger partial charge in [0.2, 0.25) is 0 Å². The summed E-state index contributed by atoms with van der Waals surface area (Å²) in [7, 11) is 4.75. The van der Waals surface area contributed by atoms with Crippen LogP contribution in [-0.4, -0.2) is 103 Å². The first kappa shape index (κ1) is 41.8. The fourth-order valence-electron chi connectivity index (χ4n) is 6.12. The number of aliphatic hydroxyl groups excluding tert-OH is 1. The van der Waals surface area contributed by atoms with Crippen LogP contribution in [0.25, 0.3) is 11.3 Å². The van der Waals surface area contributed by atoms with E-state index >= 15 is 0 Å². The van der Waals surface area contributed by atoms with Crippen LogP contribution in [0.3, 0.4) is 0 Å². The number of hydrogen-bond donors (Lipinski definition) is 1. The third kappa shape index (κ3) is 9.72. The van der Waals surface area contributed by atoms with Crippen molar-refractivity contribution >= 4 is 69.9 Å². The quantitative estimate of drug-likeness (QED) is 0.137. The molecule has 6 rings (SSSR count). The number of carbonyl (C=O) groups is 4. The van der Waals surface area contributed by atoms with Gasteiger partial charge in [0.05, 0.1) is 35.7 Å². The number of methoxy groups -OCH3 is 1. The third-order valence-electron chi connectivity index (χ3n) is 9.39. The topological polar surface area (TPSA) is 183 Å². The van der Waals surface area contributed by atoms with Gasteiger partial charge < -0.3 is 19.3 Å². The Kier molecular flexibility index (Phi) is 12.4. The SMILES string of the molecule is CN(C(=O)OC(C)(C)C)c1cc(Cl)nc2c(C(=O)CC3CC[C@H]3O)cnn12.CO[C@@H]1CCC1CC(=O)c1cnn2c(N(C)C(=O)OC(C)(C)C)cc(Cl)nc12. The lowest BCUT2D eigenvalue weighted by Gasteiger charge is -2.34. The molecule has 0 spiro atoms. The molecule has 2 amide bonds. The molecule has 4 atom stereocenters. The summed E-state index contributed by atoms with van der Waals surface area (Å²) in [5.41, 5.74) is -0.0231. The highest BCUT2D eigenvalue weighted by Gasteiger charge is 2.35. The Balaban J connectivity index is 0.000000211. The lowest BCUT2D eigenvalue weighted by atomic mass is 9.78. The van der Waals surface area contributed by atoms with Crippen molar-refractivity contribution < 1.29 is 38.5 Å². The second-order valence-electron chi connectivity index (χ2n) is 15.8. The number of aromatic nitrogens is 6. The molecule has 2 aliphatic rings. The van der Waals surface area contributed by atoms with Gasteiger partial charge in [-0.1, -0.05) is 23.2 Å². The highest BCUT2D eigenvalue weighted by molar-refractivity contribution is 6.30. The number of fused-ring (bicyclic) bond motifs is 2. The largest absolute Gasteiger partial charge is 0.443 e. The summed E-state index contributed by atoms with van der Waals surface area (Å²) in [5.74, 6) is 0.645. The van der Waals surface area contributed by atoms with Crippen molar-refractivity contribution in [2.75, 3.05) is 31.0 Å². The van der Waals surface area contributed by atoms with E-state index in [4.69, 9.17) is 37.4 Å². The number of ketones is 2. The van der Waals surface area contributed by atoms with Gasteiger partial charge in [0.15, 0.2) is 22.9 Å². The minimum atomic E-state index is -0.657. The van der Waals surface area contributed by atoms with Gasteiger partial charge in [-0.2, -0.15) is 19.2 Å². The molecular formula is C37H48Cl2N8O8. The van der Waals surface area contributed by atoms with E-state index in [2.05, 4.69) is 20.2 Å². The molecule has 2 unspecified atom stereocenters. The first-order chi connectivity index (χ1) is 25.7. The second-order valence-corrected chi connectivity index (χ2v) is 16.6. The normalized spacial score (nSPS) is 19.5. The van der Waals surface area contributed by atoms with E-state index in [-0.39, 0.29) is 51.9 Å². The molecule has 0 aromatic carbocycles. The fraction of sp³-hybridized carbons (Fsp3) is 0.568. The number of rotatable bonds is 9. The number of anilines is 2. The zero-order valence-electron chi connectivity index (χ0n) is 32.5. The molecule has 0 saturated heterocycles. The minimum absolute atomic E-state index is 0.0319. The minimum Gasteiger partial charge on any atom is -0.443 e. The molecule has 55 heavy (non-hydrogen) atoms. The number of aliphatic hydroxyl groups is 1. The van der Waals surface area contributed by atoms with Crippen LogP contribution >= 0.6 is 23.2 Å². The molecule has 4 aromatic rings.